The number of carboxylic acid groups (broad SMARTS) is 1. The molecule has 0 saturated carbocycles. The molecule has 0 bridgehead atoms. The van der Waals surface area contributed by atoms with E-state index in [-0.39, 0.29) is 6.04 Å². The molecule has 0 unspecified atom stereocenters. The molecule has 0 spiro atoms. The predicted molar refractivity (Wildman–Crippen MR) is 54.1 cm³/mol. The van der Waals surface area contributed by atoms with Crippen LogP contribution in [-0.4, -0.2) is 22.1 Å². The number of carboxylic acids is 1. The first kappa shape index (κ1) is 10.5. The maximum absolute atomic E-state index is 10.7. The van der Waals surface area contributed by atoms with Crippen molar-refractivity contribution in [2.24, 2.45) is 5.92 Å². The number of nitrogens with one attached hydrogen (secondary N) is 1. The Morgan fingerprint density at radius 2 is 2.21 bits per heavy atom. The van der Waals surface area contributed by atoms with E-state index in [9.17, 15) is 4.79 Å². The van der Waals surface area contributed by atoms with Crippen LogP contribution in [-0.2, 0) is 4.79 Å². The number of anilines is 1. The minimum atomic E-state index is -0.805. The maximum Gasteiger partial charge on any atom is 0.308 e. The van der Waals surface area contributed by atoms with Gasteiger partial charge < -0.3 is 10.4 Å². The van der Waals surface area contributed by atoms with Gasteiger partial charge in [0.05, 0.1) is 5.92 Å². The van der Waals surface area contributed by atoms with E-state index < -0.39 is 11.9 Å². The molecule has 4 heteroatoms. The van der Waals surface area contributed by atoms with Gasteiger partial charge in [-0.1, -0.05) is 6.07 Å². The molecule has 1 rings (SSSR count). The second kappa shape index (κ2) is 4.60. The Bertz CT molecular complexity index is 300. The van der Waals surface area contributed by atoms with E-state index in [0.717, 1.165) is 0 Å². The molecule has 0 fully saturated rings. The third-order valence-corrected chi connectivity index (χ3v) is 2.18. The van der Waals surface area contributed by atoms with E-state index in [4.69, 9.17) is 5.11 Å². The molecule has 2 atom stereocenters. The molecule has 1 aromatic heterocycles. The lowest BCUT2D eigenvalue weighted by Crippen LogP contribution is -2.29. The number of hydrogen-bond donors (Lipinski definition) is 2. The van der Waals surface area contributed by atoms with Gasteiger partial charge in [0, 0.05) is 12.2 Å². The average Bonchev–Trinajstić information content (AvgIpc) is 2.18. The molecule has 0 radical (unpaired) electrons. The van der Waals surface area contributed by atoms with Crippen molar-refractivity contribution in [3.63, 3.8) is 0 Å². The van der Waals surface area contributed by atoms with E-state index in [1.54, 1.807) is 13.1 Å². The Kier molecular flexibility index (Phi) is 3.45. The van der Waals surface area contributed by atoms with Crippen LogP contribution < -0.4 is 5.32 Å². The van der Waals surface area contributed by atoms with Crippen molar-refractivity contribution in [3.8, 4) is 0 Å². The van der Waals surface area contributed by atoms with Gasteiger partial charge in [-0.25, -0.2) is 4.98 Å². The van der Waals surface area contributed by atoms with Crippen molar-refractivity contribution < 1.29 is 9.90 Å². The van der Waals surface area contributed by atoms with Crippen LogP contribution in [0.2, 0.25) is 0 Å². The minimum absolute atomic E-state index is 0.137. The van der Waals surface area contributed by atoms with Gasteiger partial charge >= 0.3 is 5.97 Å². The summed E-state index contributed by atoms with van der Waals surface area (Å²) in [6.07, 6.45) is 1.67. The zero-order valence-electron chi connectivity index (χ0n) is 8.27. The summed E-state index contributed by atoms with van der Waals surface area (Å²) in [5, 5.41) is 11.8. The topological polar surface area (TPSA) is 62.2 Å². The van der Waals surface area contributed by atoms with E-state index in [1.165, 1.54) is 0 Å². The van der Waals surface area contributed by atoms with Crippen LogP contribution >= 0.6 is 0 Å². The van der Waals surface area contributed by atoms with E-state index in [0.29, 0.717) is 5.82 Å². The Labute approximate surface area is 83.0 Å². The van der Waals surface area contributed by atoms with Gasteiger partial charge in [0.1, 0.15) is 5.82 Å². The molecule has 2 N–H and O–H groups in total. The molecule has 4 nitrogen and oxygen atoms in total. The quantitative estimate of drug-likeness (QED) is 0.764. The standard InChI is InChI=1S/C10H14N2O2/c1-7(10(13)14)8(2)12-9-5-3-4-6-11-9/h3-8H,1-2H3,(H,11,12)(H,13,14)/t7-,8+/m1/s1. The summed E-state index contributed by atoms with van der Waals surface area (Å²) in [5.41, 5.74) is 0. The van der Waals surface area contributed by atoms with Crippen molar-refractivity contribution in [3.05, 3.63) is 24.4 Å². The highest BCUT2D eigenvalue weighted by atomic mass is 16.4. The van der Waals surface area contributed by atoms with Crippen molar-refractivity contribution in [1.82, 2.24) is 4.98 Å². The van der Waals surface area contributed by atoms with Crippen LogP contribution in [0.1, 0.15) is 13.8 Å². The SMILES string of the molecule is C[C@H](Nc1ccccn1)[C@@H](C)C(=O)O. The molecule has 14 heavy (non-hydrogen) atoms. The molecular weight excluding hydrogens is 180 g/mol. The second-order valence-electron chi connectivity index (χ2n) is 3.27. The number of carbonyl (C=O) groups is 1. The molecular formula is C10H14N2O2. The van der Waals surface area contributed by atoms with Crippen LogP contribution in [0.25, 0.3) is 0 Å². The minimum Gasteiger partial charge on any atom is -0.481 e. The van der Waals surface area contributed by atoms with E-state index in [1.807, 2.05) is 25.1 Å². The van der Waals surface area contributed by atoms with Crippen molar-refractivity contribution >= 4 is 11.8 Å². The zero-order valence-corrected chi connectivity index (χ0v) is 8.27. The fourth-order valence-electron chi connectivity index (χ4n) is 1.02. The van der Waals surface area contributed by atoms with Crippen molar-refractivity contribution in [2.75, 3.05) is 5.32 Å². The smallest absolute Gasteiger partial charge is 0.308 e. The largest absolute Gasteiger partial charge is 0.481 e. The van der Waals surface area contributed by atoms with Crippen LogP contribution in [0.15, 0.2) is 24.4 Å². The van der Waals surface area contributed by atoms with Gasteiger partial charge in [-0.3, -0.25) is 4.79 Å². The second-order valence-corrected chi connectivity index (χ2v) is 3.27. The summed E-state index contributed by atoms with van der Waals surface area (Å²) in [7, 11) is 0. The Morgan fingerprint density at radius 1 is 1.50 bits per heavy atom. The lowest BCUT2D eigenvalue weighted by atomic mass is 10.0. The normalized spacial score (nSPS) is 14.4. The number of aromatic nitrogens is 1. The Balaban J connectivity index is 2.57. The van der Waals surface area contributed by atoms with Gasteiger partial charge in [0.25, 0.3) is 0 Å². The number of hydrogen-bond acceptors (Lipinski definition) is 3. The number of aliphatic carboxylic acids is 1. The maximum atomic E-state index is 10.7. The lowest BCUT2D eigenvalue weighted by Gasteiger charge is -2.17. The van der Waals surface area contributed by atoms with Gasteiger partial charge in [-0.05, 0) is 26.0 Å². The van der Waals surface area contributed by atoms with Crippen LogP contribution in [0, 0.1) is 5.92 Å². The van der Waals surface area contributed by atoms with E-state index in [2.05, 4.69) is 10.3 Å². The summed E-state index contributed by atoms with van der Waals surface area (Å²) in [5.74, 6) is -0.536. The first-order valence-electron chi connectivity index (χ1n) is 4.51. The number of nitrogens with zero attached hydrogens (tertiary/aromatic N) is 1. The summed E-state index contributed by atoms with van der Waals surface area (Å²) < 4.78 is 0. The molecule has 0 aromatic carbocycles. The summed E-state index contributed by atoms with van der Waals surface area (Å²) in [6, 6.07) is 5.34. The molecule has 1 aromatic rings. The Hall–Kier alpha value is -1.58. The summed E-state index contributed by atoms with van der Waals surface area (Å²) in [4.78, 5) is 14.7. The van der Waals surface area contributed by atoms with Crippen molar-refractivity contribution in [1.29, 1.82) is 0 Å². The van der Waals surface area contributed by atoms with Gasteiger partial charge in [-0.2, -0.15) is 0 Å². The molecule has 76 valence electrons. The third kappa shape index (κ3) is 2.73. The van der Waals surface area contributed by atoms with Gasteiger partial charge in [0.2, 0.25) is 0 Å². The lowest BCUT2D eigenvalue weighted by molar-refractivity contribution is -0.141. The molecule has 0 saturated heterocycles. The molecule has 1 heterocycles. The first-order chi connectivity index (χ1) is 6.61. The zero-order chi connectivity index (χ0) is 10.6. The summed E-state index contributed by atoms with van der Waals surface area (Å²) >= 11 is 0. The molecule has 0 aliphatic carbocycles. The monoisotopic (exact) mass is 194 g/mol. The van der Waals surface area contributed by atoms with Gasteiger partial charge in [0.15, 0.2) is 0 Å². The number of rotatable bonds is 4. The first-order valence-corrected chi connectivity index (χ1v) is 4.51. The average molecular weight is 194 g/mol. The highest BCUT2D eigenvalue weighted by Crippen LogP contribution is 2.09. The molecule has 0 aliphatic rings. The van der Waals surface area contributed by atoms with E-state index >= 15 is 0 Å². The number of pyridine rings is 1. The van der Waals surface area contributed by atoms with Gasteiger partial charge in [-0.15, -0.1) is 0 Å². The molecule has 0 amide bonds. The predicted octanol–water partition coefficient (Wildman–Crippen LogP) is 1.60. The molecule has 0 aliphatic heterocycles. The third-order valence-electron chi connectivity index (χ3n) is 2.18. The van der Waals surface area contributed by atoms with Crippen LogP contribution in [0.3, 0.4) is 0 Å². The summed E-state index contributed by atoms with van der Waals surface area (Å²) in [6.45, 7) is 3.50. The highest BCUT2D eigenvalue weighted by molar-refractivity contribution is 5.70. The van der Waals surface area contributed by atoms with Crippen LogP contribution in [0.5, 0.6) is 0 Å². The Morgan fingerprint density at radius 3 is 2.71 bits per heavy atom. The van der Waals surface area contributed by atoms with Crippen molar-refractivity contribution in [2.45, 2.75) is 19.9 Å². The van der Waals surface area contributed by atoms with Crippen LogP contribution in [0.4, 0.5) is 5.82 Å². The fraction of sp³-hybridized carbons (Fsp3) is 0.400. The fourth-order valence-corrected chi connectivity index (χ4v) is 1.02. The highest BCUT2D eigenvalue weighted by Gasteiger charge is 2.18.